The monoisotopic (exact) mass is 459 g/mol. The molecule has 8 heteroatoms. The lowest BCUT2D eigenvalue weighted by atomic mass is 9.89. The lowest BCUT2D eigenvalue weighted by Gasteiger charge is -2.31. The smallest absolute Gasteiger partial charge is 0.315 e. The molecule has 1 saturated carbocycles. The highest BCUT2D eigenvalue weighted by Gasteiger charge is 2.40. The first kappa shape index (κ1) is 21.8. The van der Waals surface area contributed by atoms with E-state index in [1.54, 1.807) is 4.90 Å². The van der Waals surface area contributed by atoms with Crippen molar-refractivity contribution in [1.82, 2.24) is 15.5 Å². The maximum absolute atomic E-state index is 12.9. The Bertz CT molecular complexity index is 1050. The molecule has 1 aromatic carbocycles. The van der Waals surface area contributed by atoms with Crippen molar-refractivity contribution >= 4 is 45.2 Å². The lowest BCUT2D eigenvalue weighted by molar-refractivity contribution is -0.135. The molecule has 0 radical (unpaired) electrons. The van der Waals surface area contributed by atoms with Crippen LogP contribution in [0, 0.1) is 6.92 Å². The van der Waals surface area contributed by atoms with E-state index in [1.807, 2.05) is 25.1 Å². The van der Waals surface area contributed by atoms with E-state index in [0.29, 0.717) is 42.6 Å². The average molecular weight is 460 g/mol. The maximum atomic E-state index is 12.9. The molecule has 0 spiro atoms. The molecular weight excluding hydrogens is 434 g/mol. The number of nitrogens with zero attached hydrogens (tertiary/aromatic N) is 1. The normalized spacial score (nSPS) is 23.2. The van der Waals surface area contributed by atoms with Crippen LogP contribution in [-0.2, 0) is 16.1 Å². The molecule has 6 nitrogen and oxygen atoms in total. The summed E-state index contributed by atoms with van der Waals surface area (Å²) >= 11 is 6.12. The Hall–Kier alpha value is -2.38. The Labute approximate surface area is 189 Å². The molecular formula is C23H26ClN3O3S. The van der Waals surface area contributed by atoms with Gasteiger partial charge in [0, 0.05) is 35.9 Å². The summed E-state index contributed by atoms with van der Waals surface area (Å²) in [7, 11) is -0.205. The molecule has 3 aliphatic rings. The molecule has 31 heavy (non-hydrogen) atoms. The van der Waals surface area contributed by atoms with Gasteiger partial charge in [0.05, 0.1) is 11.9 Å². The van der Waals surface area contributed by atoms with Gasteiger partial charge in [-0.05, 0) is 47.9 Å². The summed E-state index contributed by atoms with van der Waals surface area (Å²) in [5, 5.41) is 8.51. The fourth-order valence-corrected chi connectivity index (χ4v) is 6.22. The zero-order valence-corrected chi connectivity index (χ0v) is 19.1. The number of ketones is 1. The van der Waals surface area contributed by atoms with E-state index in [0.717, 1.165) is 34.3 Å². The fourth-order valence-electron chi connectivity index (χ4n) is 4.13. The Morgan fingerprint density at radius 2 is 2.13 bits per heavy atom. The van der Waals surface area contributed by atoms with E-state index in [2.05, 4.69) is 22.6 Å². The number of rotatable bonds is 5. The second-order valence-electron chi connectivity index (χ2n) is 8.27. The minimum atomic E-state index is -0.321. The second kappa shape index (κ2) is 9.01. The van der Waals surface area contributed by atoms with Crippen LogP contribution in [0.25, 0.3) is 0 Å². The summed E-state index contributed by atoms with van der Waals surface area (Å²) in [5.41, 5.74) is 4.71. The molecule has 164 valence electrons. The third kappa shape index (κ3) is 4.77. The van der Waals surface area contributed by atoms with Crippen LogP contribution in [0.4, 0.5) is 4.79 Å². The van der Waals surface area contributed by atoms with Gasteiger partial charge in [-0.1, -0.05) is 35.9 Å². The van der Waals surface area contributed by atoms with Gasteiger partial charge in [-0.2, -0.15) is 10.5 Å². The SMILES string of the molecule is C=C1CCC(N2CC3=C(CS(CNC(=O)NCc4ccc(C)c(Cl)c4)=C3)C2=O)C(=O)C1. The summed E-state index contributed by atoms with van der Waals surface area (Å²) in [4.78, 5) is 39.1. The molecule has 2 unspecified atom stereocenters. The highest BCUT2D eigenvalue weighted by Crippen LogP contribution is 2.35. The van der Waals surface area contributed by atoms with Gasteiger partial charge in [0.2, 0.25) is 0 Å². The molecule has 2 aliphatic heterocycles. The molecule has 0 saturated heterocycles. The first-order valence-electron chi connectivity index (χ1n) is 10.3. The lowest BCUT2D eigenvalue weighted by Crippen LogP contribution is -2.45. The van der Waals surface area contributed by atoms with Crippen molar-refractivity contribution in [2.45, 2.75) is 38.8 Å². The van der Waals surface area contributed by atoms with E-state index in [1.165, 1.54) is 0 Å². The van der Waals surface area contributed by atoms with Crippen LogP contribution >= 0.6 is 22.1 Å². The third-order valence-corrected chi connectivity index (χ3v) is 8.14. The van der Waals surface area contributed by atoms with E-state index in [-0.39, 0.29) is 34.2 Å². The molecule has 0 aromatic heterocycles. The van der Waals surface area contributed by atoms with Crippen molar-refractivity contribution in [3.63, 3.8) is 0 Å². The van der Waals surface area contributed by atoms with Gasteiger partial charge in [-0.15, -0.1) is 0 Å². The van der Waals surface area contributed by atoms with Crippen LogP contribution in [0.3, 0.4) is 0 Å². The van der Waals surface area contributed by atoms with E-state index < -0.39 is 0 Å². The van der Waals surface area contributed by atoms with Gasteiger partial charge < -0.3 is 15.5 Å². The van der Waals surface area contributed by atoms with E-state index in [9.17, 15) is 14.4 Å². The van der Waals surface area contributed by atoms with Crippen LogP contribution < -0.4 is 10.6 Å². The van der Waals surface area contributed by atoms with Gasteiger partial charge in [0.15, 0.2) is 5.78 Å². The number of amides is 3. The number of hydrogen-bond acceptors (Lipinski definition) is 3. The van der Waals surface area contributed by atoms with Gasteiger partial charge in [-0.25, -0.2) is 4.79 Å². The van der Waals surface area contributed by atoms with Crippen molar-refractivity contribution in [3.05, 3.63) is 57.6 Å². The highest BCUT2D eigenvalue weighted by atomic mass is 35.5. The van der Waals surface area contributed by atoms with E-state index >= 15 is 0 Å². The molecule has 2 atom stereocenters. The largest absolute Gasteiger partial charge is 0.334 e. The summed E-state index contributed by atoms with van der Waals surface area (Å²) in [5.74, 6) is 1.19. The number of nitrogens with one attached hydrogen (secondary N) is 2. The average Bonchev–Trinajstić information content (AvgIpc) is 3.26. The van der Waals surface area contributed by atoms with Gasteiger partial charge in [0.25, 0.3) is 5.91 Å². The fraction of sp³-hybridized carbons (Fsp3) is 0.391. The quantitative estimate of drug-likeness (QED) is 0.523. The molecule has 3 amide bonds. The van der Waals surface area contributed by atoms with E-state index in [4.69, 9.17) is 11.6 Å². The standard InChI is InChI=1S/C23H26ClN3O3S/c1-14-3-6-20(21(28)7-14)27-10-17-11-31(12-18(17)22(27)29)13-26-23(30)25-9-16-5-4-15(2)19(24)8-16/h4-5,8,11,20H,1,3,6-7,9-10,12-13H2,2H3,(H2,25,26,30). The third-order valence-electron chi connectivity index (χ3n) is 5.94. The number of carbonyl (C=O) groups is 3. The van der Waals surface area contributed by atoms with Crippen LogP contribution in [0.2, 0.25) is 5.02 Å². The Kier molecular flexibility index (Phi) is 6.34. The number of allylic oxidation sites excluding steroid dienone is 1. The van der Waals surface area contributed by atoms with Crippen molar-refractivity contribution in [1.29, 1.82) is 0 Å². The van der Waals surface area contributed by atoms with Crippen LogP contribution in [0.15, 0.2) is 41.5 Å². The molecule has 1 fully saturated rings. The minimum Gasteiger partial charge on any atom is -0.334 e. The zero-order valence-electron chi connectivity index (χ0n) is 17.5. The van der Waals surface area contributed by atoms with Crippen LogP contribution in [0.5, 0.6) is 0 Å². The topological polar surface area (TPSA) is 78.5 Å². The Morgan fingerprint density at radius 1 is 1.32 bits per heavy atom. The van der Waals surface area contributed by atoms with Gasteiger partial charge >= 0.3 is 6.03 Å². The molecule has 0 bridgehead atoms. The van der Waals surface area contributed by atoms with Crippen molar-refractivity contribution in [2.75, 3.05) is 18.2 Å². The van der Waals surface area contributed by atoms with Crippen LogP contribution in [0.1, 0.15) is 30.4 Å². The molecule has 2 heterocycles. The summed E-state index contributed by atoms with van der Waals surface area (Å²) in [6.45, 7) is 6.73. The maximum Gasteiger partial charge on any atom is 0.315 e. The number of carbonyl (C=O) groups excluding carboxylic acids is 3. The predicted octanol–water partition coefficient (Wildman–Crippen LogP) is 3.31. The number of Topliss-reactive ketones (excluding diaryl/α,β-unsaturated/α-hetero) is 1. The van der Waals surface area contributed by atoms with Crippen molar-refractivity contribution in [2.24, 2.45) is 0 Å². The first-order chi connectivity index (χ1) is 14.8. The summed E-state index contributed by atoms with van der Waals surface area (Å²) in [6, 6.07) is 5.15. The summed E-state index contributed by atoms with van der Waals surface area (Å²) in [6.07, 6.45) is 1.84. The first-order valence-corrected chi connectivity index (χ1v) is 12.3. The Balaban J connectivity index is 1.26. The second-order valence-corrected chi connectivity index (χ2v) is 10.6. The number of urea groups is 1. The van der Waals surface area contributed by atoms with Crippen molar-refractivity contribution in [3.8, 4) is 0 Å². The predicted molar refractivity (Wildman–Crippen MR) is 125 cm³/mol. The minimum absolute atomic E-state index is 0.0205. The Morgan fingerprint density at radius 3 is 2.84 bits per heavy atom. The zero-order chi connectivity index (χ0) is 22.1. The number of halogens is 1. The molecule has 1 aliphatic carbocycles. The molecule has 1 aromatic rings. The molecule has 4 rings (SSSR count). The number of hydrogen-bond donors (Lipinski definition) is 2. The van der Waals surface area contributed by atoms with Crippen LogP contribution in [-0.4, -0.2) is 52.2 Å². The van der Waals surface area contributed by atoms with Crippen molar-refractivity contribution < 1.29 is 14.4 Å². The van der Waals surface area contributed by atoms with Gasteiger partial charge in [0.1, 0.15) is 0 Å². The number of benzene rings is 1. The molecule has 2 N–H and O–H groups in total. The highest BCUT2D eigenvalue weighted by molar-refractivity contribution is 8.15. The van der Waals surface area contributed by atoms with Gasteiger partial charge in [-0.3, -0.25) is 9.59 Å². The number of aryl methyl sites for hydroxylation is 1. The summed E-state index contributed by atoms with van der Waals surface area (Å²) < 4.78 is 0.